The van der Waals surface area contributed by atoms with Crippen LogP contribution in [0, 0.1) is 18.3 Å². The predicted octanol–water partition coefficient (Wildman–Crippen LogP) is -1.26. The second-order valence-electron chi connectivity index (χ2n) is 1.81. The van der Waals surface area contributed by atoms with Crippen molar-refractivity contribution in [2.24, 2.45) is 0 Å². The molecule has 0 N–H and O–H groups in total. The number of nitrogens with zero attached hydrogens (tertiary/aromatic N) is 1. The Labute approximate surface area is 89.9 Å². The van der Waals surface area contributed by atoms with Crippen molar-refractivity contribution in [1.82, 2.24) is 0 Å². The Balaban J connectivity index is 0. The van der Waals surface area contributed by atoms with E-state index >= 15 is 0 Å². The number of nitriles is 1. The molecule has 0 unspecified atom stereocenters. The minimum atomic E-state index is 0. The van der Waals surface area contributed by atoms with Gasteiger partial charge in [-0.15, -0.1) is 12.1 Å². The Morgan fingerprint density at radius 2 is 2.00 bits per heavy atom. The topological polar surface area (TPSA) is 23.8 Å². The SMILES string of the molecule is [Br-].[CH2-]c1cccc(C#N)c1.[Zn+2]. The van der Waals surface area contributed by atoms with Gasteiger partial charge in [0.15, 0.2) is 0 Å². The fourth-order valence-corrected chi connectivity index (χ4v) is 0.641. The summed E-state index contributed by atoms with van der Waals surface area (Å²) in [5.74, 6) is 0. The fraction of sp³-hybridized carbons (Fsp3) is 0. The maximum atomic E-state index is 8.38. The number of hydrogen-bond donors (Lipinski definition) is 0. The number of rotatable bonds is 0. The summed E-state index contributed by atoms with van der Waals surface area (Å²) in [6.45, 7) is 3.68. The monoisotopic (exact) mass is 259 g/mol. The Bertz CT molecular complexity index is 255. The predicted molar refractivity (Wildman–Crippen MR) is 35.6 cm³/mol. The summed E-state index contributed by atoms with van der Waals surface area (Å²) in [7, 11) is 0. The molecule has 0 aromatic heterocycles. The summed E-state index contributed by atoms with van der Waals surface area (Å²) in [5.41, 5.74) is 1.55. The third-order valence-corrected chi connectivity index (χ3v) is 1.06. The number of halogens is 1. The van der Waals surface area contributed by atoms with Crippen molar-refractivity contribution in [3.63, 3.8) is 0 Å². The number of hydrogen-bond acceptors (Lipinski definition) is 1. The molecule has 0 amide bonds. The molecule has 11 heavy (non-hydrogen) atoms. The molecule has 0 atom stereocenters. The van der Waals surface area contributed by atoms with Crippen LogP contribution < -0.4 is 17.0 Å². The van der Waals surface area contributed by atoms with Gasteiger partial charge >= 0.3 is 19.5 Å². The van der Waals surface area contributed by atoms with Crippen LogP contribution in [0.4, 0.5) is 0 Å². The van der Waals surface area contributed by atoms with Gasteiger partial charge in [-0.2, -0.15) is 23.8 Å². The third kappa shape index (κ3) is 4.19. The van der Waals surface area contributed by atoms with Gasteiger partial charge in [0.25, 0.3) is 0 Å². The fourth-order valence-electron chi connectivity index (χ4n) is 0.641. The van der Waals surface area contributed by atoms with E-state index < -0.39 is 0 Å². The van der Waals surface area contributed by atoms with Crippen LogP contribution in [-0.2, 0) is 19.5 Å². The summed E-state index contributed by atoms with van der Waals surface area (Å²) >= 11 is 0. The zero-order valence-electron chi connectivity index (χ0n) is 6.05. The first-order chi connectivity index (χ1) is 4.33. The largest absolute Gasteiger partial charge is 2.00 e. The first-order valence-corrected chi connectivity index (χ1v) is 2.65. The minimum Gasteiger partial charge on any atom is -1.00 e. The van der Waals surface area contributed by atoms with E-state index in [9.17, 15) is 0 Å². The molecule has 1 rings (SSSR count). The summed E-state index contributed by atoms with van der Waals surface area (Å²) in [5, 5.41) is 8.38. The van der Waals surface area contributed by atoms with Gasteiger partial charge in [0.05, 0.1) is 6.07 Å². The van der Waals surface area contributed by atoms with E-state index in [4.69, 9.17) is 5.26 Å². The van der Waals surface area contributed by atoms with Gasteiger partial charge in [-0.3, -0.25) is 0 Å². The molecule has 0 bridgehead atoms. The smallest absolute Gasteiger partial charge is 1.00 e. The van der Waals surface area contributed by atoms with Crippen LogP contribution in [0.1, 0.15) is 11.1 Å². The molecular formula is C8H6BrNZn. The van der Waals surface area contributed by atoms with Crippen LogP contribution in [-0.4, -0.2) is 0 Å². The molecule has 0 heterocycles. The second-order valence-corrected chi connectivity index (χ2v) is 1.81. The van der Waals surface area contributed by atoms with Gasteiger partial charge in [-0.25, -0.2) is 0 Å². The molecule has 1 aromatic carbocycles. The molecule has 0 aliphatic carbocycles. The van der Waals surface area contributed by atoms with Crippen molar-refractivity contribution in [2.75, 3.05) is 0 Å². The molecule has 52 valence electrons. The van der Waals surface area contributed by atoms with Crippen LogP contribution >= 0.6 is 0 Å². The van der Waals surface area contributed by atoms with Gasteiger partial charge in [-0.05, 0) is 5.56 Å². The quantitative estimate of drug-likeness (QED) is 0.423. The molecule has 0 saturated carbocycles. The Hall–Kier alpha value is -0.317. The Kier molecular flexibility index (Phi) is 7.73. The van der Waals surface area contributed by atoms with E-state index in [0.717, 1.165) is 5.56 Å². The molecule has 1 aromatic rings. The maximum Gasteiger partial charge on any atom is 2.00 e. The van der Waals surface area contributed by atoms with E-state index in [1.807, 2.05) is 18.2 Å². The van der Waals surface area contributed by atoms with Gasteiger partial charge in [0, 0.05) is 0 Å². The van der Waals surface area contributed by atoms with Gasteiger partial charge in [0.2, 0.25) is 0 Å². The van der Waals surface area contributed by atoms with E-state index in [1.54, 1.807) is 12.1 Å². The van der Waals surface area contributed by atoms with E-state index in [-0.39, 0.29) is 36.5 Å². The van der Waals surface area contributed by atoms with Crippen molar-refractivity contribution < 1.29 is 36.5 Å². The molecule has 0 fully saturated rings. The molecule has 0 radical (unpaired) electrons. The normalized spacial score (nSPS) is 6.82. The molecule has 0 spiro atoms. The standard InChI is InChI=1S/C8H6N.BrH.Zn/c1-7-3-2-4-8(5-7)6-9;;/h2-5H,1H2;1H;/q-1;;+2/p-1. The van der Waals surface area contributed by atoms with Crippen molar-refractivity contribution in [3.8, 4) is 6.07 Å². The van der Waals surface area contributed by atoms with Crippen LogP contribution in [0.25, 0.3) is 0 Å². The van der Waals surface area contributed by atoms with Crippen LogP contribution in [0.3, 0.4) is 0 Å². The molecule has 0 aliphatic rings. The molecular weight excluding hydrogens is 255 g/mol. The average Bonchev–Trinajstić information content (AvgIpc) is 1.88. The summed E-state index contributed by atoms with van der Waals surface area (Å²) in [6, 6.07) is 9.22. The van der Waals surface area contributed by atoms with Crippen LogP contribution in [0.15, 0.2) is 24.3 Å². The van der Waals surface area contributed by atoms with Gasteiger partial charge in [0.1, 0.15) is 0 Å². The molecule has 1 nitrogen and oxygen atoms in total. The maximum absolute atomic E-state index is 8.38. The minimum absolute atomic E-state index is 0. The average molecular weight is 261 g/mol. The van der Waals surface area contributed by atoms with Crippen LogP contribution in [0.2, 0.25) is 0 Å². The van der Waals surface area contributed by atoms with Crippen molar-refractivity contribution in [2.45, 2.75) is 0 Å². The molecule has 0 aliphatic heterocycles. The van der Waals surface area contributed by atoms with E-state index in [2.05, 4.69) is 6.92 Å². The Morgan fingerprint density at radius 3 is 2.36 bits per heavy atom. The molecule has 3 heteroatoms. The zero-order chi connectivity index (χ0) is 6.69. The first kappa shape index (κ1) is 13.3. The van der Waals surface area contributed by atoms with E-state index in [0.29, 0.717) is 5.56 Å². The van der Waals surface area contributed by atoms with Crippen LogP contribution in [0.5, 0.6) is 0 Å². The van der Waals surface area contributed by atoms with Crippen molar-refractivity contribution >= 4 is 0 Å². The zero-order valence-corrected chi connectivity index (χ0v) is 10.6. The summed E-state index contributed by atoms with van der Waals surface area (Å²) in [6.07, 6.45) is 0. The Morgan fingerprint density at radius 1 is 1.36 bits per heavy atom. The summed E-state index contributed by atoms with van der Waals surface area (Å²) < 4.78 is 0. The van der Waals surface area contributed by atoms with E-state index in [1.165, 1.54) is 0 Å². The van der Waals surface area contributed by atoms with Gasteiger partial charge < -0.3 is 17.0 Å². The second kappa shape index (κ2) is 6.40. The summed E-state index contributed by atoms with van der Waals surface area (Å²) in [4.78, 5) is 0. The third-order valence-electron chi connectivity index (χ3n) is 1.06. The van der Waals surface area contributed by atoms with Gasteiger partial charge in [-0.1, -0.05) is 6.07 Å². The van der Waals surface area contributed by atoms with Crippen molar-refractivity contribution in [1.29, 1.82) is 5.26 Å². The number of benzene rings is 1. The first-order valence-electron chi connectivity index (χ1n) is 2.65. The van der Waals surface area contributed by atoms with Crippen molar-refractivity contribution in [3.05, 3.63) is 42.3 Å². The molecule has 0 saturated heterocycles.